The van der Waals surface area contributed by atoms with Crippen LogP contribution in [0.5, 0.6) is 0 Å². The molecule has 0 atom stereocenters. The molecule has 37 heavy (non-hydrogen) atoms. The third kappa shape index (κ3) is 4.42. The van der Waals surface area contributed by atoms with E-state index in [0.29, 0.717) is 34.8 Å². The molecule has 188 valence electrons. The van der Waals surface area contributed by atoms with Crippen LogP contribution in [0.15, 0.2) is 59.8 Å². The fourth-order valence-electron chi connectivity index (χ4n) is 4.95. The molecule has 1 aliphatic heterocycles. The molecule has 0 radical (unpaired) electrons. The lowest BCUT2D eigenvalue weighted by Crippen LogP contribution is -2.35. The Morgan fingerprint density at radius 2 is 1.97 bits per heavy atom. The van der Waals surface area contributed by atoms with Gasteiger partial charge in [0, 0.05) is 32.5 Å². The highest BCUT2D eigenvalue weighted by molar-refractivity contribution is 7.24. The van der Waals surface area contributed by atoms with Crippen molar-refractivity contribution in [2.75, 3.05) is 38.1 Å². The number of thiazole rings is 1. The Hall–Kier alpha value is -3.89. The number of carbonyl (C=O) groups excluding carboxylic acids is 1. The zero-order chi connectivity index (χ0) is 25.4. The lowest BCUT2D eigenvalue weighted by Gasteiger charge is -2.18. The Labute approximate surface area is 217 Å². The molecule has 10 heteroatoms. The van der Waals surface area contributed by atoms with E-state index >= 15 is 0 Å². The first kappa shape index (κ1) is 23.5. The number of fused-ring (bicyclic) bond motifs is 5. The van der Waals surface area contributed by atoms with E-state index in [1.54, 1.807) is 24.7 Å². The Kier molecular flexibility index (Phi) is 6.27. The van der Waals surface area contributed by atoms with Crippen LogP contribution >= 0.6 is 11.3 Å². The van der Waals surface area contributed by atoms with Gasteiger partial charge in [-0.25, -0.2) is 4.98 Å². The molecule has 0 aliphatic carbocycles. The van der Waals surface area contributed by atoms with Crippen molar-refractivity contribution >= 4 is 49.1 Å². The second-order valence-corrected chi connectivity index (χ2v) is 10.3. The van der Waals surface area contributed by atoms with Gasteiger partial charge in [-0.15, -0.1) is 11.3 Å². The van der Waals surface area contributed by atoms with Gasteiger partial charge < -0.3 is 15.1 Å². The Balaban J connectivity index is 1.44. The van der Waals surface area contributed by atoms with Gasteiger partial charge >= 0.3 is 0 Å². The average Bonchev–Trinajstić information content (AvgIpc) is 3.57. The van der Waals surface area contributed by atoms with Gasteiger partial charge in [0.2, 0.25) is 5.43 Å². The fraction of sp³-hybridized carbons (Fsp3) is 0.296. The van der Waals surface area contributed by atoms with Crippen LogP contribution in [0.4, 0.5) is 5.82 Å². The first-order chi connectivity index (χ1) is 18.1. The SMILES string of the molecule is CN(Cc1cnccn1)c1ccc2c(=O)c(C(=O)NCCN3CCCC3)c3sc4ccccc4n3c2n1. The molecule has 1 N–H and O–H groups in total. The molecule has 6 rings (SSSR count). The summed E-state index contributed by atoms with van der Waals surface area (Å²) in [6.07, 6.45) is 7.43. The number of nitrogens with zero attached hydrogens (tertiary/aromatic N) is 6. The maximum atomic E-state index is 13.7. The van der Waals surface area contributed by atoms with Gasteiger partial charge in [-0.2, -0.15) is 0 Å². The molecule has 1 fully saturated rings. The van der Waals surface area contributed by atoms with Crippen LogP contribution in [0.3, 0.4) is 0 Å². The first-order valence-electron chi connectivity index (χ1n) is 12.4. The molecule has 5 heterocycles. The van der Waals surface area contributed by atoms with Crippen LogP contribution in [0.25, 0.3) is 26.1 Å². The second kappa shape index (κ2) is 9.87. The summed E-state index contributed by atoms with van der Waals surface area (Å²) in [5.41, 5.74) is 2.15. The number of pyridine rings is 2. The van der Waals surface area contributed by atoms with E-state index in [4.69, 9.17) is 4.98 Å². The summed E-state index contributed by atoms with van der Waals surface area (Å²) < 4.78 is 2.94. The standard InChI is InChI=1S/C27H27N7O2S/c1-32(17-18-16-28-10-11-29-18)22-9-8-19-24(35)23(26(36)30-12-15-33-13-4-5-14-33)27-34(25(19)31-22)20-6-2-3-7-21(20)37-27/h2-3,6-11,16H,4-5,12-15,17H2,1H3,(H,30,36). The monoisotopic (exact) mass is 513 g/mol. The molecule has 0 unspecified atom stereocenters. The van der Waals surface area contributed by atoms with Crippen molar-refractivity contribution in [2.24, 2.45) is 0 Å². The highest BCUT2D eigenvalue weighted by Crippen LogP contribution is 2.31. The van der Waals surface area contributed by atoms with E-state index in [2.05, 4.69) is 20.2 Å². The molecule has 5 aromatic rings. The Morgan fingerprint density at radius 3 is 2.78 bits per heavy atom. The van der Waals surface area contributed by atoms with Gasteiger partial charge in [-0.05, 0) is 50.2 Å². The van der Waals surface area contributed by atoms with Gasteiger partial charge in [0.25, 0.3) is 5.91 Å². The summed E-state index contributed by atoms with van der Waals surface area (Å²) >= 11 is 1.44. The molecule has 1 aliphatic rings. The number of amides is 1. The zero-order valence-corrected chi connectivity index (χ0v) is 21.4. The molecule has 1 amide bonds. The molecule has 0 spiro atoms. The van der Waals surface area contributed by atoms with Gasteiger partial charge in [-0.3, -0.25) is 24.0 Å². The van der Waals surface area contributed by atoms with Crippen LogP contribution in [0, 0.1) is 0 Å². The topological polar surface area (TPSA) is 95.7 Å². The smallest absolute Gasteiger partial charge is 0.258 e. The van der Waals surface area contributed by atoms with Crippen molar-refractivity contribution in [1.29, 1.82) is 0 Å². The molecule has 9 nitrogen and oxygen atoms in total. The lowest BCUT2D eigenvalue weighted by atomic mass is 10.1. The predicted molar refractivity (Wildman–Crippen MR) is 146 cm³/mol. The van der Waals surface area contributed by atoms with Gasteiger partial charge in [0.05, 0.1) is 34.0 Å². The Bertz CT molecular complexity index is 1660. The van der Waals surface area contributed by atoms with Crippen LogP contribution in [0.1, 0.15) is 28.9 Å². The molecular formula is C27H27N7O2S. The minimum atomic E-state index is -0.334. The third-order valence-electron chi connectivity index (χ3n) is 6.82. The average molecular weight is 514 g/mol. The van der Waals surface area contributed by atoms with Gasteiger partial charge in [0.1, 0.15) is 16.2 Å². The van der Waals surface area contributed by atoms with Crippen LogP contribution < -0.4 is 15.6 Å². The van der Waals surface area contributed by atoms with Crippen molar-refractivity contribution in [1.82, 2.24) is 29.6 Å². The van der Waals surface area contributed by atoms with E-state index in [9.17, 15) is 9.59 Å². The van der Waals surface area contributed by atoms with Gasteiger partial charge in [0.15, 0.2) is 5.65 Å². The number of likely N-dealkylation sites (tertiary alicyclic amines) is 1. The van der Waals surface area contributed by atoms with E-state index in [1.807, 2.05) is 46.7 Å². The summed E-state index contributed by atoms with van der Waals surface area (Å²) in [7, 11) is 1.93. The maximum absolute atomic E-state index is 13.7. The molecule has 0 saturated carbocycles. The molecular weight excluding hydrogens is 486 g/mol. The summed E-state index contributed by atoms with van der Waals surface area (Å²) in [6, 6.07) is 11.5. The van der Waals surface area contributed by atoms with Crippen molar-refractivity contribution in [3.8, 4) is 0 Å². The third-order valence-corrected chi connectivity index (χ3v) is 7.97. The quantitative estimate of drug-likeness (QED) is 0.357. The van der Waals surface area contributed by atoms with Crippen LogP contribution in [-0.4, -0.2) is 63.4 Å². The molecule has 1 aromatic carbocycles. The fourth-order valence-corrected chi connectivity index (χ4v) is 6.13. The maximum Gasteiger partial charge on any atom is 0.258 e. The minimum Gasteiger partial charge on any atom is -0.354 e. The Morgan fingerprint density at radius 1 is 1.14 bits per heavy atom. The van der Waals surface area contributed by atoms with Crippen molar-refractivity contribution in [3.05, 3.63) is 76.5 Å². The number of nitrogens with one attached hydrogen (secondary N) is 1. The first-order valence-corrected chi connectivity index (χ1v) is 13.3. The van der Waals surface area contributed by atoms with Crippen LogP contribution in [-0.2, 0) is 6.54 Å². The number of carbonyl (C=O) groups is 1. The molecule has 0 bridgehead atoms. The number of rotatable bonds is 7. The van der Waals surface area contributed by atoms with Gasteiger partial charge in [-0.1, -0.05) is 12.1 Å². The number of para-hydroxylation sites is 1. The van der Waals surface area contributed by atoms with Crippen molar-refractivity contribution in [2.45, 2.75) is 19.4 Å². The largest absolute Gasteiger partial charge is 0.354 e. The van der Waals surface area contributed by atoms with E-state index in [0.717, 1.165) is 35.5 Å². The summed E-state index contributed by atoms with van der Waals surface area (Å²) in [4.78, 5) is 45.4. The number of hydrogen-bond donors (Lipinski definition) is 1. The van der Waals surface area contributed by atoms with Crippen molar-refractivity contribution < 1.29 is 4.79 Å². The number of hydrogen-bond acceptors (Lipinski definition) is 8. The van der Waals surface area contributed by atoms with E-state index < -0.39 is 0 Å². The van der Waals surface area contributed by atoms with Crippen molar-refractivity contribution in [3.63, 3.8) is 0 Å². The number of aromatic nitrogens is 4. The minimum absolute atomic E-state index is 0.178. The summed E-state index contributed by atoms with van der Waals surface area (Å²) in [5.74, 6) is 0.364. The summed E-state index contributed by atoms with van der Waals surface area (Å²) in [6.45, 7) is 3.95. The highest BCUT2D eigenvalue weighted by Gasteiger charge is 2.23. The summed E-state index contributed by atoms with van der Waals surface area (Å²) in [5, 5.41) is 3.41. The predicted octanol–water partition coefficient (Wildman–Crippen LogP) is 3.31. The van der Waals surface area contributed by atoms with Crippen LogP contribution in [0.2, 0.25) is 0 Å². The van der Waals surface area contributed by atoms with E-state index in [1.165, 1.54) is 24.2 Å². The van der Waals surface area contributed by atoms with E-state index in [-0.39, 0.29) is 16.9 Å². The number of benzene rings is 1. The second-order valence-electron chi connectivity index (χ2n) is 9.31. The molecule has 4 aromatic heterocycles. The molecule has 1 saturated heterocycles. The number of anilines is 1. The lowest BCUT2D eigenvalue weighted by molar-refractivity contribution is 0.0950. The highest BCUT2D eigenvalue weighted by atomic mass is 32.1. The normalized spacial score (nSPS) is 14.1. The zero-order valence-electron chi connectivity index (χ0n) is 20.6.